The fourth-order valence-electron chi connectivity index (χ4n) is 1.26. The summed E-state index contributed by atoms with van der Waals surface area (Å²) in [6.45, 7) is 7.04. The first-order chi connectivity index (χ1) is 8.24. The lowest BCUT2D eigenvalue weighted by atomic mass is 10.1. The smallest absolute Gasteiger partial charge is 0.340 e. The zero-order valence-corrected chi connectivity index (χ0v) is 11.7. The third-order valence-electron chi connectivity index (χ3n) is 2.06. The molecule has 0 aromatic carbocycles. The lowest BCUT2D eigenvalue weighted by Crippen LogP contribution is -2.24. The molecule has 0 atom stereocenters. The molecular formula is C13H16ClNO3. The number of carbonyl (C=O) groups is 2. The minimum absolute atomic E-state index is 0.157. The lowest BCUT2D eigenvalue weighted by molar-refractivity contribution is 0.00688. The van der Waals surface area contributed by atoms with Crippen LogP contribution in [0.25, 0.3) is 0 Å². The standard InChI is InChI=1S/C13H16ClNO3/c1-5-10(16)11-9(14)6-8(7-15-11)12(17)18-13(2,3)4/h6-7H,5H2,1-4H3. The lowest BCUT2D eigenvalue weighted by Gasteiger charge is -2.19. The van der Waals surface area contributed by atoms with Gasteiger partial charge in [0, 0.05) is 12.6 Å². The van der Waals surface area contributed by atoms with Gasteiger partial charge in [0.05, 0.1) is 10.6 Å². The Labute approximate surface area is 111 Å². The van der Waals surface area contributed by atoms with Crippen molar-refractivity contribution in [3.63, 3.8) is 0 Å². The molecule has 0 saturated carbocycles. The van der Waals surface area contributed by atoms with Crippen LogP contribution in [0.4, 0.5) is 0 Å². The van der Waals surface area contributed by atoms with Crippen molar-refractivity contribution in [2.24, 2.45) is 0 Å². The van der Waals surface area contributed by atoms with Gasteiger partial charge in [0.15, 0.2) is 5.78 Å². The average Bonchev–Trinajstić information content (AvgIpc) is 2.25. The highest BCUT2D eigenvalue weighted by molar-refractivity contribution is 6.33. The SMILES string of the molecule is CCC(=O)c1ncc(C(=O)OC(C)(C)C)cc1Cl. The highest BCUT2D eigenvalue weighted by Crippen LogP contribution is 2.19. The molecule has 1 rings (SSSR count). The van der Waals surface area contributed by atoms with E-state index in [9.17, 15) is 9.59 Å². The van der Waals surface area contributed by atoms with Crippen LogP contribution >= 0.6 is 11.6 Å². The molecule has 18 heavy (non-hydrogen) atoms. The van der Waals surface area contributed by atoms with Gasteiger partial charge in [-0.05, 0) is 26.8 Å². The number of halogens is 1. The summed E-state index contributed by atoms with van der Waals surface area (Å²) in [5.74, 6) is -0.664. The van der Waals surface area contributed by atoms with E-state index in [-0.39, 0.29) is 22.1 Å². The Balaban J connectivity index is 2.98. The Bertz CT molecular complexity index is 478. The third-order valence-corrected chi connectivity index (χ3v) is 2.35. The highest BCUT2D eigenvalue weighted by Gasteiger charge is 2.20. The van der Waals surface area contributed by atoms with Crippen molar-refractivity contribution in [1.29, 1.82) is 0 Å². The Hall–Kier alpha value is -1.42. The summed E-state index contributed by atoms with van der Waals surface area (Å²) in [6.07, 6.45) is 1.63. The second-order valence-corrected chi connectivity index (χ2v) is 5.24. The molecule has 1 aromatic heterocycles. The minimum atomic E-state index is -0.582. The molecule has 0 saturated heterocycles. The molecule has 4 nitrogen and oxygen atoms in total. The van der Waals surface area contributed by atoms with Gasteiger partial charge in [0.25, 0.3) is 0 Å². The molecule has 1 heterocycles. The van der Waals surface area contributed by atoms with Crippen LogP contribution in [0.2, 0.25) is 5.02 Å². The molecule has 0 aliphatic heterocycles. The van der Waals surface area contributed by atoms with Crippen molar-refractivity contribution in [3.05, 3.63) is 28.5 Å². The zero-order valence-electron chi connectivity index (χ0n) is 10.9. The summed E-state index contributed by atoms with van der Waals surface area (Å²) in [7, 11) is 0. The van der Waals surface area contributed by atoms with E-state index >= 15 is 0 Å². The summed E-state index contributed by atoms with van der Waals surface area (Å²) >= 11 is 5.93. The van der Waals surface area contributed by atoms with Crippen molar-refractivity contribution >= 4 is 23.4 Å². The number of nitrogens with zero attached hydrogens (tertiary/aromatic N) is 1. The number of hydrogen-bond acceptors (Lipinski definition) is 4. The Morgan fingerprint density at radius 2 is 2.00 bits per heavy atom. The molecule has 1 aromatic rings. The van der Waals surface area contributed by atoms with Crippen molar-refractivity contribution in [1.82, 2.24) is 4.98 Å². The summed E-state index contributed by atoms with van der Waals surface area (Å²) < 4.78 is 5.18. The number of ketones is 1. The highest BCUT2D eigenvalue weighted by atomic mass is 35.5. The van der Waals surface area contributed by atoms with E-state index in [1.807, 2.05) is 0 Å². The van der Waals surface area contributed by atoms with Crippen LogP contribution in [0.1, 0.15) is 55.0 Å². The maximum Gasteiger partial charge on any atom is 0.340 e. The zero-order chi connectivity index (χ0) is 13.9. The van der Waals surface area contributed by atoms with E-state index in [4.69, 9.17) is 16.3 Å². The first-order valence-corrected chi connectivity index (χ1v) is 6.04. The number of Topliss-reactive ketones (excluding diaryl/α,β-unsaturated/α-hetero) is 1. The number of esters is 1. The van der Waals surface area contributed by atoms with Crippen LogP contribution in [-0.2, 0) is 4.74 Å². The number of carbonyl (C=O) groups excluding carboxylic acids is 2. The first kappa shape index (κ1) is 14.6. The summed E-state index contributed by atoms with van der Waals surface area (Å²) in [6, 6.07) is 1.41. The molecule has 0 radical (unpaired) electrons. The van der Waals surface area contributed by atoms with Crippen LogP contribution in [0.5, 0.6) is 0 Å². The molecule has 0 aliphatic carbocycles. The topological polar surface area (TPSA) is 56.3 Å². The number of rotatable bonds is 3. The number of hydrogen-bond donors (Lipinski definition) is 0. The summed E-state index contributed by atoms with van der Waals surface area (Å²) in [5.41, 5.74) is -0.157. The van der Waals surface area contributed by atoms with Crippen molar-refractivity contribution in [2.75, 3.05) is 0 Å². The number of ether oxygens (including phenoxy) is 1. The van der Waals surface area contributed by atoms with E-state index in [1.165, 1.54) is 12.3 Å². The molecule has 0 bridgehead atoms. The molecule has 0 spiro atoms. The molecule has 0 aliphatic rings. The molecule has 5 heteroatoms. The van der Waals surface area contributed by atoms with Crippen molar-refractivity contribution in [2.45, 2.75) is 39.7 Å². The van der Waals surface area contributed by atoms with E-state index < -0.39 is 11.6 Å². The first-order valence-electron chi connectivity index (χ1n) is 5.66. The van der Waals surface area contributed by atoms with Crippen LogP contribution < -0.4 is 0 Å². The second kappa shape index (κ2) is 5.48. The minimum Gasteiger partial charge on any atom is -0.456 e. The van der Waals surface area contributed by atoms with Crippen LogP contribution in [0.15, 0.2) is 12.3 Å². The molecule has 0 unspecified atom stereocenters. The monoisotopic (exact) mass is 269 g/mol. The molecule has 0 N–H and O–H groups in total. The van der Waals surface area contributed by atoms with Crippen LogP contribution in [0, 0.1) is 0 Å². The number of pyridine rings is 1. The van der Waals surface area contributed by atoms with Gasteiger partial charge in [0.2, 0.25) is 0 Å². The molecule has 98 valence electrons. The predicted molar refractivity (Wildman–Crippen MR) is 69.0 cm³/mol. The van der Waals surface area contributed by atoms with Crippen LogP contribution in [0.3, 0.4) is 0 Å². The van der Waals surface area contributed by atoms with Gasteiger partial charge < -0.3 is 4.74 Å². The quantitative estimate of drug-likeness (QED) is 0.624. The molecular weight excluding hydrogens is 254 g/mol. The van der Waals surface area contributed by atoms with E-state index in [1.54, 1.807) is 27.7 Å². The van der Waals surface area contributed by atoms with Gasteiger partial charge in [-0.1, -0.05) is 18.5 Å². The summed E-state index contributed by atoms with van der Waals surface area (Å²) in [4.78, 5) is 27.2. The second-order valence-electron chi connectivity index (χ2n) is 4.83. The molecule has 0 amide bonds. The van der Waals surface area contributed by atoms with E-state index in [0.29, 0.717) is 6.42 Å². The fraction of sp³-hybridized carbons (Fsp3) is 0.462. The maximum atomic E-state index is 11.8. The Morgan fingerprint density at radius 3 is 2.44 bits per heavy atom. The third kappa shape index (κ3) is 3.81. The summed E-state index contributed by atoms with van der Waals surface area (Å²) in [5, 5.41) is 0.171. The van der Waals surface area contributed by atoms with Gasteiger partial charge in [0.1, 0.15) is 11.3 Å². The van der Waals surface area contributed by atoms with Gasteiger partial charge >= 0.3 is 5.97 Å². The maximum absolute atomic E-state index is 11.8. The van der Waals surface area contributed by atoms with E-state index in [2.05, 4.69) is 4.98 Å². The van der Waals surface area contributed by atoms with Gasteiger partial charge in [-0.15, -0.1) is 0 Å². The largest absolute Gasteiger partial charge is 0.456 e. The Morgan fingerprint density at radius 1 is 1.39 bits per heavy atom. The normalized spacial score (nSPS) is 11.2. The van der Waals surface area contributed by atoms with Gasteiger partial charge in [-0.25, -0.2) is 4.79 Å². The van der Waals surface area contributed by atoms with Gasteiger partial charge in [-0.2, -0.15) is 0 Å². The van der Waals surface area contributed by atoms with Crippen LogP contribution in [-0.4, -0.2) is 22.3 Å². The number of aromatic nitrogens is 1. The van der Waals surface area contributed by atoms with Gasteiger partial charge in [-0.3, -0.25) is 9.78 Å². The molecule has 0 fully saturated rings. The van der Waals surface area contributed by atoms with Crippen molar-refractivity contribution < 1.29 is 14.3 Å². The fourth-order valence-corrected chi connectivity index (χ4v) is 1.53. The van der Waals surface area contributed by atoms with E-state index in [0.717, 1.165) is 0 Å². The predicted octanol–water partition coefficient (Wildman–Crippen LogP) is 3.28. The average molecular weight is 270 g/mol. The van der Waals surface area contributed by atoms with Crippen molar-refractivity contribution in [3.8, 4) is 0 Å². The Kier molecular flexibility index (Phi) is 4.46.